The van der Waals surface area contributed by atoms with Crippen LogP contribution >= 0.6 is 0 Å². The van der Waals surface area contributed by atoms with E-state index in [4.69, 9.17) is 15.2 Å². The minimum absolute atomic E-state index is 0.00554. The molecular weight excluding hydrogens is 380 g/mol. The van der Waals surface area contributed by atoms with E-state index in [0.717, 1.165) is 35.1 Å². The highest BCUT2D eigenvalue weighted by Crippen LogP contribution is 2.40. The number of aryl methyl sites for hydroxylation is 2. The summed E-state index contributed by atoms with van der Waals surface area (Å²) in [6.07, 6.45) is 1.85. The van der Waals surface area contributed by atoms with Crippen LogP contribution in [-0.4, -0.2) is 41.8 Å². The van der Waals surface area contributed by atoms with Gasteiger partial charge in [-0.2, -0.15) is 0 Å². The zero-order valence-corrected chi connectivity index (χ0v) is 17.6. The van der Waals surface area contributed by atoms with E-state index in [1.54, 1.807) is 4.90 Å². The highest BCUT2D eigenvalue weighted by atomic mass is 16.6. The van der Waals surface area contributed by atoms with E-state index < -0.39 is 0 Å². The first-order valence-corrected chi connectivity index (χ1v) is 10.7. The molecule has 0 saturated carbocycles. The Morgan fingerprint density at radius 2 is 1.87 bits per heavy atom. The van der Waals surface area contributed by atoms with E-state index >= 15 is 0 Å². The molecule has 2 atom stereocenters. The Balaban J connectivity index is 1.38. The van der Waals surface area contributed by atoms with Crippen molar-refractivity contribution in [3.8, 4) is 11.5 Å². The third-order valence-electron chi connectivity index (χ3n) is 6.38. The second-order valence-corrected chi connectivity index (χ2v) is 8.41. The Kier molecular flexibility index (Phi) is 5.97. The van der Waals surface area contributed by atoms with Crippen molar-refractivity contribution in [1.29, 1.82) is 0 Å². The van der Waals surface area contributed by atoms with Crippen LogP contribution in [0.1, 0.15) is 41.2 Å². The Morgan fingerprint density at radius 3 is 2.53 bits per heavy atom. The van der Waals surface area contributed by atoms with Gasteiger partial charge < -0.3 is 25.2 Å². The highest BCUT2D eigenvalue weighted by molar-refractivity contribution is 5.70. The summed E-state index contributed by atoms with van der Waals surface area (Å²) >= 11 is 0. The van der Waals surface area contributed by atoms with Gasteiger partial charge in [-0.05, 0) is 55.9 Å². The minimum Gasteiger partial charge on any atom is -0.507 e. The maximum absolute atomic E-state index is 12.5. The minimum atomic E-state index is -0.305. The van der Waals surface area contributed by atoms with Gasteiger partial charge in [-0.25, -0.2) is 4.79 Å². The van der Waals surface area contributed by atoms with Crippen LogP contribution in [0.15, 0.2) is 36.4 Å². The van der Waals surface area contributed by atoms with Gasteiger partial charge in [0.15, 0.2) is 0 Å². The molecule has 0 aliphatic carbocycles. The second kappa shape index (κ2) is 8.66. The monoisotopic (exact) mass is 410 g/mol. The molecule has 1 saturated heterocycles. The van der Waals surface area contributed by atoms with Crippen molar-refractivity contribution < 1.29 is 19.4 Å². The smallest absolute Gasteiger partial charge is 0.415 e. The molecule has 160 valence electrons. The summed E-state index contributed by atoms with van der Waals surface area (Å²) in [5.74, 6) is 1.24. The molecule has 0 bridgehead atoms. The lowest BCUT2D eigenvalue weighted by Gasteiger charge is -2.40. The summed E-state index contributed by atoms with van der Waals surface area (Å²) in [5, 5.41) is 10.6. The average molecular weight is 411 g/mol. The lowest BCUT2D eigenvalue weighted by atomic mass is 9.83. The van der Waals surface area contributed by atoms with Crippen LogP contribution in [-0.2, 0) is 11.2 Å². The normalized spacial score (nSPS) is 21.9. The first-order chi connectivity index (χ1) is 14.5. The van der Waals surface area contributed by atoms with Gasteiger partial charge in [-0.15, -0.1) is 0 Å². The standard InChI is InChI=1S/C24H30N2O4/c1-15-3-6-18(7-4-15)29-24(28)26-11-9-17(10-12-26)21-13-20-19(22(14-25)30-21)8-5-16(2)23(20)27/h3-8,17,21-22,27H,9-14,25H2,1-2H3/t21-,22-/m0/s1. The molecule has 0 radical (unpaired) electrons. The Hall–Kier alpha value is -2.57. The van der Waals surface area contributed by atoms with Crippen molar-refractivity contribution in [2.24, 2.45) is 11.7 Å². The molecule has 4 rings (SSSR count). The number of carbonyl (C=O) groups is 1. The van der Waals surface area contributed by atoms with E-state index in [-0.39, 0.29) is 18.3 Å². The van der Waals surface area contributed by atoms with Gasteiger partial charge >= 0.3 is 6.09 Å². The van der Waals surface area contributed by atoms with Crippen molar-refractivity contribution in [2.45, 2.75) is 45.3 Å². The molecule has 2 aliphatic heterocycles. The van der Waals surface area contributed by atoms with Gasteiger partial charge in [0.2, 0.25) is 0 Å². The zero-order valence-electron chi connectivity index (χ0n) is 17.6. The third-order valence-corrected chi connectivity index (χ3v) is 6.38. The lowest BCUT2D eigenvalue weighted by Crippen LogP contribution is -2.45. The number of piperidine rings is 1. The summed E-state index contributed by atoms with van der Waals surface area (Å²) in [5.41, 5.74) is 9.92. The first kappa shape index (κ1) is 20.7. The molecule has 1 fully saturated rings. The quantitative estimate of drug-likeness (QED) is 0.803. The summed E-state index contributed by atoms with van der Waals surface area (Å²) in [6, 6.07) is 11.4. The van der Waals surface area contributed by atoms with Crippen LogP contribution in [0.25, 0.3) is 0 Å². The van der Waals surface area contributed by atoms with E-state index in [1.165, 1.54) is 0 Å². The van der Waals surface area contributed by atoms with E-state index in [2.05, 4.69) is 0 Å². The van der Waals surface area contributed by atoms with Crippen LogP contribution in [0.2, 0.25) is 0 Å². The molecule has 30 heavy (non-hydrogen) atoms. The number of phenolic OH excluding ortho intramolecular Hbond substituents is 1. The molecule has 1 amide bonds. The number of ether oxygens (including phenoxy) is 2. The molecule has 0 aromatic heterocycles. The average Bonchev–Trinajstić information content (AvgIpc) is 2.77. The number of fused-ring (bicyclic) bond motifs is 1. The van der Waals surface area contributed by atoms with Gasteiger partial charge in [0.05, 0.1) is 12.2 Å². The number of likely N-dealkylation sites (tertiary alicyclic amines) is 1. The van der Waals surface area contributed by atoms with Crippen LogP contribution in [0.4, 0.5) is 4.79 Å². The number of rotatable bonds is 3. The largest absolute Gasteiger partial charge is 0.507 e. The molecular formula is C24H30N2O4. The SMILES string of the molecule is Cc1ccc(OC(=O)N2CCC([C@@H]3Cc4c(ccc(C)c4O)[C@H](CN)O3)CC2)cc1. The topological polar surface area (TPSA) is 85.0 Å². The number of phenols is 1. The maximum Gasteiger partial charge on any atom is 0.415 e. The summed E-state index contributed by atoms with van der Waals surface area (Å²) in [4.78, 5) is 14.3. The Bertz CT molecular complexity index is 904. The van der Waals surface area contributed by atoms with Crippen molar-refractivity contribution in [3.63, 3.8) is 0 Å². The van der Waals surface area contributed by atoms with Crippen molar-refractivity contribution in [3.05, 3.63) is 58.7 Å². The van der Waals surface area contributed by atoms with Gasteiger partial charge in [0.1, 0.15) is 11.5 Å². The molecule has 6 heteroatoms. The number of nitrogens with two attached hydrogens (primary N) is 1. The van der Waals surface area contributed by atoms with Crippen molar-refractivity contribution >= 4 is 6.09 Å². The van der Waals surface area contributed by atoms with Crippen molar-refractivity contribution in [1.82, 2.24) is 4.90 Å². The summed E-state index contributed by atoms with van der Waals surface area (Å²) in [6.45, 7) is 5.56. The third kappa shape index (κ3) is 4.16. The lowest BCUT2D eigenvalue weighted by molar-refractivity contribution is -0.0633. The highest BCUT2D eigenvalue weighted by Gasteiger charge is 2.36. The van der Waals surface area contributed by atoms with E-state index in [1.807, 2.05) is 50.2 Å². The van der Waals surface area contributed by atoms with Gasteiger partial charge in [0.25, 0.3) is 0 Å². The molecule has 2 aromatic carbocycles. The van der Waals surface area contributed by atoms with Gasteiger partial charge in [-0.1, -0.05) is 29.8 Å². The number of aromatic hydroxyl groups is 1. The molecule has 0 spiro atoms. The van der Waals surface area contributed by atoms with Gasteiger partial charge in [0, 0.05) is 31.6 Å². The van der Waals surface area contributed by atoms with E-state index in [0.29, 0.717) is 43.5 Å². The molecule has 2 aromatic rings. The summed E-state index contributed by atoms with van der Waals surface area (Å²) < 4.78 is 11.8. The number of benzene rings is 2. The number of hydrogen-bond donors (Lipinski definition) is 2. The molecule has 2 aliphatic rings. The molecule has 2 heterocycles. The Labute approximate surface area is 177 Å². The van der Waals surface area contributed by atoms with Crippen LogP contribution < -0.4 is 10.5 Å². The number of hydrogen-bond acceptors (Lipinski definition) is 5. The first-order valence-electron chi connectivity index (χ1n) is 10.7. The predicted molar refractivity (Wildman–Crippen MR) is 115 cm³/mol. The molecule has 6 nitrogen and oxygen atoms in total. The molecule has 0 unspecified atom stereocenters. The zero-order chi connectivity index (χ0) is 21.3. The Morgan fingerprint density at radius 1 is 1.17 bits per heavy atom. The predicted octanol–water partition coefficient (Wildman–Crippen LogP) is 3.86. The number of nitrogens with zero attached hydrogens (tertiary/aromatic N) is 1. The van der Waals surface area contributed by atoms with Crippen LogP contribution in [0, 0.1) is 19.8 Å². The number of amides is 1. The van der Waals surface area contributed by atoms with Gasteiger partial charge in [-0.3, -0.25) is 0 Å². The fourth-order valence-corrected chi connectivity index (χ4v) is 4.50. The summed E-state index contributed by atoms with van der Waals surface area (Å²) in [7, 11) is 0. The number of carbonyl (C=O) groups excluding carboxylic acids is 1. The fourth-order valence-electron chi connectivity index (χ4n) is 4.50. The van der Waals surface area contributed by atoms with Crippen LogP contribution in [0.5, 0.6) is 11.5 Å². The molecule has 3 N–H and O–H groups in total. The van der Waals surface area contributed by atoms with Crippen molar-refractivity contribution in [2.75, 3.05) is 19.6 Å². The fraction of sp³-hybridized carbons (Fsp3) is 0.458. The van der Waals surface area contributed by atoms with Crippen LogP contribution in [0.3, 0.4) is 0 Å². The maximum atomic E-state index is 12.5. The second-order valence-electron chi connectivity index (χ2n) is 8.41. The van der Waals surface area contributed by atoms with E-state index in [9.17, 15) is 9.90 Å².